The van der Waals surface area contributed by atoms with Crippen molar-refractivity contribution in [3.63, 3.8) is 0 Å². The number of H-pyrrole nitrogens is 1. The maximum absolute atomic E-state index is 12.3. The van der Waals surface area contributed by atoms with Gasteiger partial charge in [0, 0.05) is 17.1 Å². The molecule has 0 radical (unpaired) electrons. The molecule has 140 valence electrons. The number of hydrogen-bond donors (Lipinski definition) is 3. The molecule has 6 nitrogen and oxygen atoms in total. The van der Waals surface area contributed by atoms with Crippen LogP contribution in [0.1, 0.15) is 36.7 Å². The van der Waals surface area contributed by atoms with Crippen molar-refractivity contribution >= 4 is 22.7 Å². The molecule has 0 fully saturated rings. The van der Waals surface area contributed by atoms with Gasteiger partial charge in [0.25, 0.3) is 11.8 Å². The molecule has 0 bridgehead atoms. The van der Waals surface area contributed by atoms with Crippen molar-refractivity contribution in [3.8, 4) is 5.75 Å². The summed E-state index contributed by atoms with van der Waals surface area (Å²) in [5.41, 5.74) is 7.04. The second kappa shape index (κ2) is 7.53. The zero-order valence-electron chi connectivity index (χ0n) is 15.6. The second-order valence-corrected chi connectivity index (χ2v) is 7.29. The summed E-state index contributed by atoms with van der Waals surface area (Å²) in [6.07, 6.45) is 1.61. The first kappa shape index (κ1) is 18.5. The Hall–Kier alpha value is -3.28. The molecule has 3 N–H and O–H groups in total. The molecule has 0 spiro atoms. The lowest BCUT2D eigenvalue weighted by Gasteiger charge is -2.22. The first-order valence-corrected chi connectivity index (χ1v) is 8.74. The van der Waals surface area contributed by atoms with Gasteiger partial charge in [-0.05, 0) is 23.1 Å². The number of aromatic amines is 1. The molecule has 2 aromatic carbocycles. The van der Waals surface area contributed by atoms with Gasteiger partial charge in [-0.1, -0.05) is 57.2 Å². The zero-order chi connectivity index (χ0) is 19.4. The van der Waals surface area contributed by atoms with E-state index in [0.717, 1.165) is 16.5 Å². The van der Waals surface area contributed by atoms with Crippen LogP contribution in [0.25, 0.3) is 10.9 Å². The molecule has 0 unspecified atom stereocenters. The van der Waals surface area contributed by atoms with Crippen LogP contribution >= 0.6 is 0 Å². The fraction of sp³-hybridized carbons (Fsp3) is 0.238. The van der Waals surface area contributed by atoms with Gasteiger partial charge in [0.05, 0.1) is 5.56 Å². The third-order valence-electron chi connectivity index (χ3n) is 4.20. The van der Waals surface area contributed by atoms with Crippen molar-refractivity contribution in [2.75, 3.05) is 6.61 Å². The van der Waals surface area contributed by atoms with Crippen LogP contribution in [-0.2, 0) is 10.2 Å². The van der Waals surface area contributed by atoms with Gasteiger partial charge in [-0.15, -0.1) is 0 Å². The maximum Gasteiger partial charge on any atom is 0.276 e. The Morgan fingerprint density at radius 2 is 1.70 bits per heavy atom. The Morgan fingerprint density at radius 3 is 2.48 bits per heavy atom. The highest BCUT2D eigenvalue weighted by molar-refractivity contribution is 6.07. The molecular formula is C21H23N3O3. The molecule has 6 heteroatoms. The third-order valence-corrected chi connectivity index (χ3v) is 4.20. The number of amides is 2. The van der Waals surface area contributed by atoms with E-state index in [0.29, 0.717) is 11.3 Å². The average Bonchev–Trinajstić information content (AvgIpc) is 3.08. The van der Waals surface area contributed by atoms with Crippen LogP contribution in [0, 0.1) is 0 Å². The second-order valence-electron chi connectivity index (χ2n) is 7.29. The number of carbonyl (C=O) groups is 2. The van der Waals surface area contributed by atoms with Crippen LogP contribution in [0.2, 0.25) is 0 Å². The molecule has 2 amide bonds. The summed E-state index contributed by atoms with van der Waals surface area (Å²) in [5.74, 6) is -0.175. The van der Waals surface area contributed by atoms with Gasteiger partial charge in [0.2, 0.25) is 0 Å². The Kier molecular flexibility index (Phi) is 5.16. The minimum absolute atomic E-state index is 0.101. The number of nitrogens with one attached hydrogen (secondary N) is 3. The highest BCUT2D eigenvalue weighted by Crippen LogP contribution is 2.30. The van der Waals surface area contributed by atoms with E-state index < -0.39 is 11.8 Å². The average molecular weight is 365 g/mol. The molecule has 0 saturated carbocycles. The molecule has 1 heterocycles. The van der Waals surface area contributed by atoms with E-state index in [1.807, 2.05) is 48.5 Å². The molecule has 0 aliphatic heterocycles. The lowest BCUT2D eigenvalue weighted by molar-refractivity contribution is -0.123. The van der Waals surface area contributed by atoms with Crippen LogP contribution < -0.4 is 15.6 Å². The molecule has 1 aromatic heterocycles. The van der Waals surface area contributed by atoms with Crippen LogP contribution in [0.15, 0.2) is 54.7 Å². The summed E-state index contributed by atoms with van der Waals surface area (Å²) in [7, 11) is 0. The number of fused-ring (bicyclic) bond motifs is 1. The number of ether oxygens (including phenoxy) is 1. The van der Waals surface area contributed by atoms with Gasteiger partial charge in [-0.2, -0.15) is 0 Å². The predicted octanol–water partition coefficient (Wildman–Crippen LogP) is 3.31. The number of aromatic nitrogens is 1. The number of hydrogen-bond acceptors (Lipinski definition) is 3. The Labute approximate surface area is 157 Å². The van der Waals surface area contributed by atoms with E-state index in [1.54, 1.807) is 6.20 Å². The first-order chi connectivity index (χ1) is 12.9. The van der Waals surface area contributed by atoms with E-state index in [9.17, 15) is 9.59 Å². The van der Waals surface area contributed by atoms with Crippen LogP contribution in [0.5, 0.6) is 5.75 Å². The van der Waals surface area contributed by atoms with Gasteiger partial charge in [-0.3, -0.25) is 20.4 Å². The lowest BCUT2D eigenvalue weighted by Crippen LogP contribution is -2.43. The topological polar surface area (TPSA) is 83.2 Å². The van der Waals surface area contributed by atoms with Crippen molar-refractivity contribution in [2.24, 2.45) is 0 Å². The van der Waals surface area contributed by atoms with Crippen molar-refractivity contribution in [1.82, 2.24) is 15.8 Å². The third kappa shape index (κ3) is 4.28. The van der Waals surface area contributed by atoms with Crippen LogP contribution in [0.4, 0.5) is 0 Å². The quantitative estimate of drug-likeness (QED) is 0.620. The number of hydrazine groups is 1. The molecular weight excluding hydrogens is 342 g/mol. The summed E-state index contributed by atoms with van der Waals surface area (Å²) in [6, 6.07) is 15.1. The molecule has 0 atom stereocenters. The van der Waals surface area contributed by atoms with E-state index >= 15 is 0 Å². The standard InChI is InChI=1S/C21H23N3O3/c1-21(2,3)16-9-5-7-11-18(16)27-13-19(25)23-24-20(26)15-12-22-17-10-6-4-8-14(15)17/h4-12,22H,13H2,1-3H3,(H,23,25)(H,24,26). The summed E-state index contributed by atoms with van der Waals surface area (Å²) in [5, 5.41) is 0.791. The number of para-hydroxylation sites is 2. The smallest absolute Gasteiger partial charge is 0.276 e. The monoisotopic (exact) mass is 365 g/mol. The van der Waals surface area contributed by atoms with Gasteiger partial charge in [-0.25, -0.2) is 0 Å². The predicted molar refractivity (Wildman–Crippen MR) is 105 cm³/mol. The van der Waals surface area contributed by atoms with Gasteiger partial charge in [0.1, 0.15) is 5.75 Å². The Bertz CT molecular complexity index is 970. The van der Waals surface area contributed by atoms with E-state index in [-0.39, 0.29) is 12.0 Å². The van der Waals surface area contributed by atoms with E-state index in [2.05, 4.69) is 36.6 Å². The maximum atomic E-state index is 12.3. The molecule has 0 saturated heterocycles. The minimum atomic E-state index is -0.438. The number of benzene rings is 2. The summed E-state index contributed by atoms with van der Waals surface area (Å²) in [4.78, 5) is 27.4. The molecule has 0 aliphatic carbocycles. The minimum Gasteiger partial charge on any atom is -0.483 e. The first-order valence-electron chi connectivity index (χ1n) is 8.74. The number of carbonyl (C=O) groups excluding carboxylic acids is 2. The van der Waals surface area contributed by atoms with Crippen LogP contribution in [-0.4, -0.2) is 23.4 Å². The fourth-order valence-corrected chi connectivity index (χ4v) is 2.84. The SMILES string of the molecule is CC(C)(C)c1ccccc1OCC(=O)NNC(=O)c1c[nH]c2ccccc12. The van der Waals surface area contributed by atoms with Crippen molar-refractivity contribution in [3.05, 3.63) is 65.9 Å². The highest BCUT2D eigenvalue weighted by atomic mass is 16.5. The molecule has 0 aliphatic rings. The van der Waals surface area contributed by atoms with Gasteiger partial charge >= 0.3 is 0 Å². The number of rotatable bonds is 4. The van der Waals surface area contributed by atoms with E-state index in [4.69, 9.17) is 4.74 Å². The summed E-state index contributed by atoms with van der Waals surface area (Å²) in [6.45, 7) is 6.05. The Morgan fingerprint density at radius 1 is 1.00 bits per heavy atom. The fourth-order valence-electron chi connectivity index (χ4n) is 2.84. The van der Waals surface area contributed by atoms with Crippen LogP contribution in [0.3, 0.4) is 0 Å². The zero-order valence-corrected chi connectivity index (χ0v) is 15.6. The van der Waals surface area contributed by atoms with Crippen molar-refractivity contribution in [2.45, 2.75) is 26.2 Å². The molecule has 3 rings (SSSR count). The Balaban J connectivity index is 1.57. The van der Waals surface area contributed by atoms with Gasteiger partial charge in [0.15, 0.2) is 6.61 Å². The van der Waals surface area contributed by atoms with Crippen molar-refractivity contribution in [1.29, 1.82) is 0 Å². The van der Waals surface area contributed by atoms with Crippen molar-refractivity contribution < 1.29 is 14.3 Å². The largest absolute Gasteiger partial charge is 0.483 e. The lowest BCUT2D eigenvalue weighted by atomic mass is 9.86. The van der Waals surface area contributed by atoms with Gasteiger partial charge < -0.3 is 9.72 Å². The molecule has 27 heavy (non-hydrogen) atoms. The molecule has 3 aromatic rings. The van der Waals surface area contributed by atoms with E-state index in [1.165, 1.54) is 0 Å². The summed E-state index contributed by atoms with van der Waals surface area (Å²) >= 11 is 0. The highest BCUT2D eigenvalue weighted by Gasteiger charge is 2.19. The normalized spacial score (nSPS) is 11.2. The summed E-state index contributed by atoms with van der Waals surface area (Å²) < 4.78 is 5.65.